The highest BCUT2D eigenvalue weighted by molar-refractivity contribution is 8.01. The average molecular weight is 392 g/mol. The first kappa shape index (κ1) is 18.6. The van der Waals surface area contributed by atoms with Gasteiger partial charge < -0.3 is 19.2 Å². The molecule has 0 aliphatic heterocycles. The Kier molecular flexibility index (Phi) is 7.21. The van der Waals surface area contributed by atoms with E-state index in [4.69, 9.17) is 13.9 Å². The molecule has 0 radical (unpaired) electrons. The maximum atomic E-state index is 5.74. The minimum absolute atomic E-state index is 0.605. The summed E-state index contributed by atoms with van der Waals surface area (Å²) in [5.41, 5.74) is 0. The summed E-state index contributed by atoms with van der Waals surface area (Å²) in [5, 5.41) is 12.3. The van der Waals surface area contributed by atoms with E-state index in [2.05, 4.69) is 22.4 Å². The van der Waals surface area contributed by atoms with Crippen LogP contribution in [0.1, 0.15) is 19.1 Å². The van der Waals surface area contributed by atoms with Crippen molar-refractivity contribution in [3.05, 3.63) is 48.4 Å². The molecule has 3 rings (SSSR count). The summed E-state index contributed by atoms with van der Waals surface area (Å²) in [6, 6.07) is 11.5. The number of rotatable bonds is 11. The molecule has 0 spiro atoms. The Labute approximate surface area is 160 Å². The summed E-state index contributed by atoms with van der Waals surface area (Å²) in [6.07, 6.45) is 2.66. The average Bonchev–Trinajstić information content (AvgIpc) is 3.34. The van der Waals surface area contributed by atoms with Crippen LogP contribution in [0.3, 0.4) is 0 Å². The minimum atomic E-state index is 0.605. The van der Waals surface area contributed by atoms with Gasteiger partial charge in [-0.15, -0.1) is 10.2 Å². The van der Waals surface area contributed by atoms with Gasteiger partial charge in [0.05, 0.1) is 26.0 Å². The zero-order valence-corrected chi connectivity index (χ0v) is 16.1. The van der Waals surface area contributed by atoms with Crippen molar-refractivity contribution < 1.29 is 13.9 Å². The van der Waals surface area contributed by atoms with E-state index >= 15 is 0 Å². The summed E-state index contributed by atoms with van der Waals surface area (Å²) in [5.74, 6) is 3.39. The van der Waals surface area contributed by atoms with Gasteiger partial charge in [0.25, 0.3) is 0 Å². The Morgan fingerprint density at radius 2 is 1.85 bits per heavy atom. The maximum absolute atomic E-state index is 5.74. The van der Waals surface area contributed by atoms with Crippen LogP contribution in [0.2, 0.25) is 0 Å². The molecule has 3 aromatic rings. The van der Waals surface area contributed by atoms with Gasteiger partial charge in [-0.2, -0.15) is 0 Å². The minimum Gasteiger partial charge on any atom is -0.494 e. The van der Waals surface area contributed by atoms with Crippen LogP contribution in [-0.4, -0.2) is 29.2 Å². The van der Waals surface area contributed by atoms with Gasteiger partial charge >= 0.3 is 0 Å². The topological polar surface area (TPSA) is 69.4 Å². The number of ether oxygens (including phenoxy) is 2. The first-order valence-corrected chi connectivity index (χ1v) is 10.2. The molecule has 0 atom stereocenters. The van der Waals surface area contributed by atoms with Crippen LogP contribution in [-0.2, 0) is 6.54 Å². The maximum Gasteiger partial charge on any atom is 0.206 e. The largest absolute Gasteiger partial charge is 0.494 e. The molecule has 0 bridgehead atoms. The van der Waals surface area contributed by atoms with Crippen LogP contribution in [0.4, 0.5) is 5.13 Å². The smallest absolute Gasteiger partial charge is 0.206 e. The van der Waals surface area contributed by atoms with Crippen molar-refractivity contribution in [3.8, 4) is 11.5 Å². The number of anilines is 1. The lowest BCUT2D eigenvalue weighted by molar-refractivity contribution is 0.314. The molecule has 1 aromatic carbocycles. The highest BCUT2D eigenvalue weighted by Crippen LogP contribution is 2.26. The van der Waals surface area contributed by atoms with Crippen molar-refractivity contribution in [1.29, 1.82) is 0 Å². The van der Waals surface area contributed by atoms with E-state index in [-0.39, 0.29) is 0 Å². The molecule has 0 unspecified atom stereocenters. The molecular weight excluding hydrogens is 370 g/mol. The first-order valence-electron chi connectivity index (χ1n) is 8.41. The number of aromatic nitrogens is 2. The molecule has 138 valence electrons. The molecular formula is C18H21N3O3S2. The lowest BCUT2D eigenvalue weighted by Crippen LogP contribution is -2.00. The van der Waals surface area contributed by atoms with E-state index in [1.807, 2.05) is 36.4 Å². The van der Waals surface area contributed by atoms with Crippen LogP contribution in [0.25, 0.3) is 0 Å². The predicted octanol–water partition coefficient (Wildman–Crippen LogP) is 4.70. The normalized spacial score (nSPS) is 10.7. The lowest BCUT2D eigenvalue weighted by Gasteiger charge is -2.07. The van der Waals surface area contributed by atoms with Crippen LogP contribution in [0.5, 0.6) is 11.5 Å². The monoisotopic (exact) mass is 391 g/mol. The molecule has 6 nitrogen and oxygen atoms in total. The Hall–Kier alpha value is -2.19. The predicted molar refractivity (Wildman–Crippen MR) is 104 cm³/mol. The lowest BCUT2D eigenvalue weighted by atomic mass is 10.3. The number of benzene rings is 1. The number of hydrogen-bond acceptors (Lipinski definition) is 8. The van der Waals surface area contributed by atoms with Crippen LogP contribution in [0.15, 0.2) is 51.4 Å². The Morgan fingerprint density at radius 1 is 1.08 bits per heavy atom. The molecule has 1 N–H and O–H groups in total. The first-order chi connectivity index (χ1) is 12.8. The standard InChI is InChI=1S/C18H21N3O3S2/c1-2-9-22-14-5-7-15(8-6-14)24-11-12-25-18-21-20-17(26-18)19-13-16-4-3-10-23-16/h3-8,10H,2,9,11-13H2,1H3,(H,19,20). The van der Waals surface area contributed by atoms with Crippen molar-refractivity contribution in [1.82, 2.24) is 10.2 Å². The molecule has 8 heteroatoms. The van der Waals surface area contributed by atoms with Crippen molar-refractivity contribution in [2.75, 3.05) is 24.3 Å². The summed E-state index contributed by atoms with van der Waals surface area (Å²) in [4.78, 5) is 0. The number of thioether (sulfide) groups is 1. The van der Waals surface area contributed by atoms with Crippen molar-refractivity contribution >= 4 is 28.2 Å². The van der Waals surface area contributed by atoms with Crippen molar-refractivity contribution in [2.24, 2.45) is 0 Å². The van der Waals surface area contributed by atoms with Crippen LogP contribution < -0.4 is 14.8 Å². The molecule has 0 aliphatic carbocycles. The summed E-state index contributed by atoms with van der Waals surface area (Å²) in [6.45, 7) is 4.03. The zero-order valence-electron chi connectivity index (χ0n) is 14.5. The van der Waals surface area contributed by atoms with Gasteiger partial charge in [-0.25, -0.2) is 0 Å². The Bertz CT molecular complexity index is 760. The number of furan rings is 1. The van der Waals surface area contributed by atoms with E-state index in [0.29, 0.717) is 13.2 Å². The summed E-state index contributed by atoms with van der Waals surface area (Å²) < 4.78 is 17.5. The highest BCUT2D eigenvalue weighted by Gasteiger charge is 2.05. The van der Waals surface area contributed by atoms with Crippen LogP contribution in [0, 0.1) is 0 Å². The summed E-state index contributed by atoms with van der Waals surface area (Å²) >= 11 is 3.16. The SMILES string of the molecule is CCCOc1ccc(OCCSc2nnc(NCc3ccco3)s2)cc1. The van der Waals surface area contributed by atoms with E-state index in [1.54, 1.807) is 18.0 Å². The van der Waals surface area contributed by atoms with E-state index in [9.17, 15) is 0 Å². The van der Waals surface area contributed by atoms with E-state index in [0.717, 1.165) is 45.5 Å². The Morgan fingerprint density at radius 3 is 2.54 bits per heavy atom. The fourth-order valence-corrected chi connectivity index (χ4v) is 3.69. The quantitative estimate of drug-likeness (QED) is 0.375. The van der Waals surface area contributed by atoms with E-state index in [1.165, 1.54) is 11.3 Å². The van der Waals surface area contributed by atoms with Crippen molar-refractivity contribution in [3.63, 3.8) is 0 Å². The van der Waals surface area contributed by atoms with Gasteiger partial charge in [-0.1, -0.05) is 30.0 Å². The van der Waals surface area contributed by atoms with Crippen molar-refractivity contribution in [2.45, 2.75) is 24.2 Å². The fourth-order valence-electron chi connectivity index (χ4n) is 2.06. The van der Waals surface area contributed by atoms with Gasteiger partial charge in [-0.05, 0) is 42.8 Å². The molecule has 0 saturated heterocycles. The van der Waals surface area contributed by atoms with E-state index < -0.39 is 0 Å². The number of nitrogens with one attached hydrogen (secondary N) is 1. The number of hydrogen-bond donors (Lipinski definition) is 1. The molecule has 0 fully saturated rings. The van der Waals surface area contributed by atoms with Crippen LogP contribution >= 0.6 is 23.1 Å². The number of nitrogens with zero attached hydrogens (tertiary/aromatic N) is 2. The molecule has 26 heavy (non-hydrogen) atoms. The fraction of sp³-hybridized carbons (Fsp3) is 0.333. The Balaban J connectivity index is 1.34. The third-order valence-corrected chi connectivity index (χ3v) is 5.25. The molecule has 2 heterocycles. The second-order valence-electron chi connectivity index (χ2n) is 5.32. The van der Waals surface area contributed by atoms with Gasteiger partial charge in [0.1, 0.15) is 17.3 Å². The molecule has 0 aliphatic rings. The molecule has 0 amide bonds. The molecule has 0 saturated carbocycles. The molecule has 2 aromatic heterocycles. The highest BCUT2D eigenvalue weighted by atomic mass is 32.2. The summed E-state index contributed by atoms with van der Waals surface area (Å²) in [7, 11) is 0. The van der Waals surface area contributed by atoms with Gasteiger partial charge in [0, 0.05) is 5.75 Å². The van der Waals surface area contributed by atoms with Gasteiger partial charge in [-0.3, -0.25) is 0 Å². The third kappa shape index (κ3) is 5.96. The van der Waals surface area contributed by atoms with Gasteiger partial charge in [0.2, 0.25) is 5.13 Å². The third-order valence-electron chi connectivity index (χ3n) is 3.27. The second kappa shape index (κ2) is 10.1. The zero-order chi connectivity index (χ0) is 18.0. The second-order valence-corrected chi connectivity index (χ2v) is 7.64. The van der Waals surface area contributed by atoms with Gasteiger partial charge in [0.15, 0.2) is 4.34 Å².